The van der Waals surface area contributed by atoms with Gasteiger partial charge in [0.15, 0.2) is 6.29 Å². The number of aliphatic hydroxyl groups is 5. The second-order valence-electron chi connectivity index (χ2n) is 21.8. The van der Waals surface area contributed by atoms with E-state index in [9.17, 15) is 30.3 Å². The van der Waals surface area contributed by atoms with E-state index in [2.05, 4.69) is 67.8 Å². The molecule has 0 aromatic carbocycles. The van der Waals surface area contributed by atoms with E-state index in [1.165, 1.54) is 218 Å². The van der Waals surface area contributed by atoms with Crippen LogP contribution in [0.25, 0.3) is 0 Å². The Morgan fingerprint density at radius 2 is 0.811 bits per heavy atom. The molecule has 1 amide bonds. The van der Waals surface area contributed by atoms with Crippen LogP contribution in [-0.4, -0.2) is 87.5 Å². The number of hydrogen-bond donors (Lipinski definition) is 6. The van der Waals surface area contributed by atoms with Gasteiger partial charge in [0.1, 0.15) is 24.4 Å². The minimum atomic E-state index is -1.57. The third-order valence-electron chi connectivity index (χ3n) is 14.8. The van der Waals surface area contributed by atoms with Gasteiger partial charge in [0.05, 0.1) is 25.4 Å². The lowest BCUT2D eigenvalue weighted by molar-refractivity contribution is -0.302. The lowest BCUT2D eigenvalue weighted by Crippen LogP contribution is -2.60. The summed E-state index contributed by atoms with van der Waals surface area (Å²) in [7, 11) is 0. The van der Waals surface area contributed by atoms with Crippen LogP contribution < -0.4 is 5.32 Å². The molecule has 0 bridgehead atoms. The Morgan fingerprint density at radius 3 is 1.23 bits per heavy atom. The van der Waals surface area contributed by atoms with Crippen LogP contribution in [0, 0.1) is 0 Å². The molecule has 7 unspecified atom stereocenters. The van der Waals surface area contributed by atoms with Crippen molar-refractivity contribution in [1.82, 2.24) is 5.32 Å². The van der Waals surface area contributed by atoms with E-state index in [1.807, 2.05) is 6.08 Å². The second kappa shape index (κ2) is 54.3. The molecule has 1 aliphatic heterocycles. The first-order valence-electron chi connectivity index (χ1n) is 31.5. The average Bonchev–Trinajstić information content (AvgIpc) is 3.40. The zero-order valence-electron chi connectivity index (χ0n) is 48.1. The molecule has 9 heteroatoms. The molecule has 0 radical (unpaired) electrons. The Hall–Kier alpha value is -2.11. The van der Waals surface area contributed by atoms with Crippen molar-refractivity contribution < 1.29 is 39.8 Å². The monoisotopic (exact) mass is 1040 g/mol. The van der Waals surface area contributed by atoms with Crippen LogP contribution in [0.15, 0.2) is 60.8 Å². The number of amides is 1. The van der Waals surface area contributed by atoms with Crippen molar-refractivity contribution in [3.63, 3.8) is 0 Å². The highest BCUT2D eigenvalue weighted by atomic mass is 16.7. The molecule has 0 aromatic heterocycles. The lowest BCUT2D eigenvalue weighted by atomic mass is 9.99. The Bertz CT molecular complexity index is 1350. The number of aliphatic hydroxyl groups excluding tert-OH is 5. The van der Waals surface area contributed by atoms with Gasteiger partial charge < -0.3 is 40.3 Å². The van der Waals surface area contributed by atoms with Crippen molar-refractivity contribution in [2.45, 2.75) is 333 Å². The van der Waals surface area contributed by atoms with Crippen LogP contribution in [0.3, 0.4) is 0 Å². The van der Waals surface area contributed by atoms with E-state index in [-0.39, 0.29) is 12.5 Å². The minimum absolute atomic E-state index is 0.184. The van der Waals surface area contributed by atoms with Gasteiger partial charge in [-0.3, -0.25) is 4.79 Å². The number of nitrogens with one attached hydrogen (secondary N) is 1. The fraction of sp³-hybridized carbons (Fsp3) is 0.831. The highest BCUT2D eigenvalue weighted by Crippen LogP contribution is 2.23. The van der Waals surface area contributed by atoms with Crippen molar-refractivity contribution in [3.05, 3.63) is 60.8 Å². The maximum atomic E-state index is 13.1. The van der Waals surface area contributed by atoms with Crippen LogP contribution in [-0.2, 0) is 14.3 Å². The number of carbonyl (C=O) groups excluding carboxylic acids is 1. The van der Waals surface area contributed by atoms with Crippen molar-refractivity contribution in [3.8, 4) is 0 Å². The van der Waals surface area contributed by atoms with Gasteiger partial charge in [-0.2, -0.15) is 0 Å². The molecule has 1 fully saturated rings. The summed E-state index contributed by atoms with van der Waals surface area (Å²) in [5.74, 6) is -0.184. The summed E-state index contributed by atoms with van der Waals surface area (Å²) in [6, 6.07) is -0.823. The third kappa shape index (κ3) is 42.9. The Morgan fingerprint density at radius 1 is 0.459 bits per heavy atom. The fourth-order valence-corrected chi connectivity index (χ4v) is 9.83. The lowest BCUT2D eigenvalue weighted by Gasteiger charge is -2.40. The van der Waals surface area contributed by atoms with E-state index < -0.39 is 49.5 Å². The first-order chi connectivity index (χ1) is 36.3. The standard InChI is InChI=1S/C65H119NO8/c1-3-5-7-9-11-13-15-17-19-21-23-24-25-26-27-28-29-30-31-32-33-34-35-36-37-39-41-43-45-47-49-51-53-55-61(69)66-58(57-73-65-64(72)63(71)62(70)60(56-67)74-65)59(68)54-52-50-48-46-44-42-40-38-22-20-18-16-14-12-10-8-6-4-2/h15,17,21,23,25-26,44,46,52,54,58-60,62-65,67-68,70-72H,3-14,16,18-20,22,24,27-43,45,47-51,53,55-57H2,1-2H3,(H,66,69)/b17-15-,23-21-,26-25-,46-44+,54-52+. The highest BCUT2D eigenvalue weighted by Gasteiger charge is 2.44. The number of rotatable bonds is 54. The predicted molar refractivity (Wildman–Crippen MR) is 313 cm³/mol. The maximum Gasteiger partial charge on any atom is 0.220 e. The fourth-order valence-electron chi connectivity index (χ4n) is 9.83. The zero-order valence-corrected chi connectivity index (χ0v) is 48.1. The normalized spacial score (nSPS) is 19.4. The summed E-state index contributed by atoms with van der Waals surface area (Å²) in [5, 5.41) is 54.5. The molecule has 0 aromatic rings. The van der Waals surface area contributed by atoms with Crippen LogP contribution in [0.1, 0.15) is 290 Å². The molecule has 1 rings (SSSR count). The van der Waals surface area contributed by atoms with Gasteiger partial charge in [0.25, 0.3) is 0 Å². The van der Waals surface area contributed by atoms with E-state index in [0.717, 1.165) is 51.4 Å². The molecule has 1 saturated heterocycles. The molecular formula is C65H119NO8. The van der Waals surface area contributed by atoms with Gasteiger partial charge in [-0.15, -0.1) is 0 Å². The van der Waals surface area contributed by atoms with Gasteiger partial charge in [-0.05, 0) is 70.6 Å². The van der Waals surface area contributed by atoms with Crippen LogP contribution >= 0.6 is 0 Å². The zero-order chi connectivity index (χ0) is 53.6. The first kappa shape index (κ1) is 69.9. The maximum absolute atomic E-state index is 13.1. The van der Waals surface area contributed by atoms with Crippen LogP contribution in [0.4, 0.5) is 0 Å². The van der Waals surface area contributed by atoms with Crippen molar-refractivity contribution >= 4 is 5.91 Å². The smallest absolute Gasteiger partial charge is 0.220 e. The molecule has 0 aliphatic carbocycles. The minimum Gasteiger partial charge on any atom is -0.394 e. The van der Waals surface area contributed by atoms with Crippen molar-refractivity contribution in [2.75, 3.05) is 13.2 Å². The summed E-state index contributed by atoms with van der Waals surface area (Å²) in [6.07, 6.45) is 67.3. The first-order valence-corrected chi connectivity index (χ1v) is 31.5. The van der Waals surface area contributed by atoms with Gasteiger partial charge >= 0.3 is 0 Å². The number of unbranched alkanes of at least 4 members (excludes halogenated alkanes) is 36. The number of ether oxygens (including phenoxy) is 2. The molecule has 432 valence electrons. The number of carbonyl (C=O) groups is 1. The van der Waals surface area contributed by atoms with Gasteiger partial charge in [0, 0.05) is 6.42 Å². The summed E-state index contributed by atoms with van der Waals surface area (Å²) in [4.78, 5) is 13.1. The van der Waals surface area contributed by atoms with Crippen LogP contribution in [0.2, 0.25) is 0 Å². The van der Waals surface area contributed by atoms with E-state index in [0.29, 0.717) is 6.42 Å². The number of allylic oxidation sites excluding steroid dienone is 9. The highest BCUT2D eigenvalue weighted by molar-refractivity contribution is 5.76. The predicted octanol–water partition coefficient (Wildman–Crippen LogP) is 16.2. The Balaban J connectivity index is 2.15. The summed E-state index contributed by atoms with van der Waals surface area (Å²) >= 11 is 0. The largest absolute Gasteiger partial charge is 0.394 e. The van der Waals surface area contributed by atoms with Crippen LogP contribution in [0.5, 0.6) is 0 Å². The van der Waals surface area contributed by atoms with Crippen molar-refractivity contribution in [1.29, 1.82) is 0 Å². The number of hydrogen-bond acceptors (Lipinski definition) is 8. The molecule has 1 aliphatic rings. The van der Waals surface area contributed by atoms with E-state index in [1.54, 1.807) is 6.08 Å². The van der Waals surface area contributed by atoms with Gasteiger partial charge in [0.2, 0.25) is 5.91 Å². The molecule has 9 nitrogen and oxygen atoms in total. The molecule has 6 N–H and O–H groups in total. The second-order valence-corrected chi connectivity index (χ2v) is 21.8. The Kier molecular flexibility index (Phi) is 51.3. The summed E-state index contributed by atoms with van der Waals surface area (Å²) < 4.78 is 11.3. The SMILES string of the molecule is CCCCCCC/C=C\C/C=C\C/C=C\CCCCCCCCCCCCCCCCCCCCC(=O)NC(COC1OC(CO)C(O)C(O)C1O)C(O)/C=C/CC/C=C/CCCCCCCCCCCCCC. The van der Waals surface area contributed by atoms with Crippen molar-refractivity contribution in [2.24, 2.45) is 0 Å². The summed E-state index contributed by atoms with van der Waals surface area (Å²) in [6.45, 7) is 3.77. The topological polar surface area (TPSA) is 149 Å². The molecule has 1 heterocycles. The molecule has 0 spiro atoms. The third-order valence-corrected chi connectivity index (χ3v) is 14.8. The molecule has 7 atom stereocenters. The summed E-state index contributed by atoms with van der Waals surface area (Å²) in [5.41, 5.74) is 0. The average molecular weight is 1040 g/mol. The molecule has 0 saturated carbocycles. The van der Waals surface area contributed by atoms with E-state index >= 15 is 0 Å². The van der Waals surface area contributed by atoms with Gasteiger partial charge in [-0.1, -0.05) is 274 Å². The van der Waals surface area contributed by atoms with Gasteiger partial charge in [-0.25, -0.2) is 0 Å². The molecular weight excluding hydrogens is 923 g/mol. The molecule has 74 heavy (non-hydrogen) atoms. The quantitative estimate of drug-likeness (QED) is 0.0261. The Labute approximate surface area is 456 Å². The van der Waals surface area contributed by atoms with E-state index in [4.69, 9.17) is 9.47 Å².